The zero-order valence-electron chi connectivity index (χ0n) is 33.9. The Hall–Kier alpha value is -5.17. The number of nitrogens with one attached hydrogen (secondary N) is 1. The molecule has 3 fully saturated rings. The van der Waals surface area contributed by atoms with Crippen LogP contribution >= 0.6 is 12.2 Å². The predicted octanol–water partition coefficient (Wildman–Crippen LogP) is 6.24. The summed E-state index contributed by atoms with van der Waals surface area (Å²) >= 11 is 5.73. The Morgan fingerprint density at radius 3 is 2.37 bits per heavy atom. The van der Waals surface area contributed by atoms with Crippen molar-refractivity contribution in [2.75, 3.05) is 42.6 Å². The number of carbonyl (C=O) groups excluding carboxylic acids is 4. The molecule has 3 saturated heterocycles. The average Bonchev–Trinajstić information content (AvgIpc) is 3.35. The van der Waals surface area contributed by atoms with Crippen LogP contribution in [-0.2, 0) is 44.6 Å². The van der Waals surface area contributed by atoms with Crippen LogP contribution in [0.2, 0.25) is 0 Å². The van der Waals surface area contributed by atoms with Crippen molar-refractivity contribution in [3.05, 3.63) is 88.5 Å². The van der Waals surface area contributed by atoms with Crippen molar-refractivity contribution >= 4 is 52.2 Å². The summed E-state index contributed by atoms with van der Waals surface area (Å²) in [6.07, 6.45) is -2.49. The van der Waals surface area contributed by atoms with Crippen molar-refractivity contribution in [2.45, 2.75) is 90.5 Å². The van der Waals surface area contributed by atoms with E-state index in [1.807, 2.05) is 43.3 Å². The van der Waals surface area contributed by atoms with Crippen LogP contribution < -0.4 is 19.9 Å². The number of hydrogen-bond donors (Lipinski definition) is 1. The van der Waals surface area contributed by atoms with Gasteiger partial charge in [0.1, 0.15) is 17.9 Å². The third kappa shape index (κ3) is 9.51. The molecule has 3 aliphatic rings. The van der Waals surface area contributed by atoms with E-state index >= 15 is 0 Å². The Morgan fingerprint density at radius 1 is 0.983 bits per heavy atom. The average molecular weight is 831 g/mol. The van der Waals surface area contributed by atoms with Gasteiger partial charge in [0.25, 0.3) is 5.91 Å². The van der Waals surface area contributed by atoms with Crippen molar-refractivity contribution in [1.82, 2.24) is 15.1 Å². The van der Waals surface area contributed by atoms with Gasteiger partial charge in [-0.1, -0.05) is 31.2 Å². The number of anilines is 2. The second kappa shape index (κ2) is 17.6. The third-order valence-electron chi connectivity index (χ3n) is 11.5. The fourth-order valence-electron chi connectivity index (χ4n) is 8.25. The van der Waals surface area contributed by atoms with E-state index in [1.165, 1.54) is 6.07 Å². The molecular formula is C44H49F3N6O5S. The molecule has 3 amide bonds. The van der Waals surface area contributed by atoms with E-state index in [-0.39, 0.29) is 46.4 Å². The zero-order valence-corrected chi connectivity index (χ0v) is 34.7. The first kappa shape index (κ1) is 43.4. The number of amides is 3. The number of carbonyl (C=O) groups is 4. The molecule has 0 spiro atoms. The molecule has 0 bridgehead atoms. The van der Waals surface area contributed by atoms with Gasteiger partial charge in [0, 0.05) is 56.2 Å². The fourth-order valence-corrected chi connectivity index (χ4v) is 8.77. The SMILES string of the molecule is CCc1cc(N2C(=S)N(c3ccc(C#N)c(C(F)(F)F)c3)C(=O)C2(C)C)ccc1OCCN1C[C@@H](C)N(CC(=O)Cc2cccc(CC3CCC(=O)NC3=O)c2)C[C@@H]1C. The van der Waals surface area contributed by atoms with Gasteiger partial charge in [0.15, 0.2) is 10.9 Å². The van der Waals surface area contributed by atoms with E-state index in [0.717, 1.165) is 46.8 Å². The molecule has 1 N–H and O–H groups in total. The lowest BCUT2D eigenvalue weighted by molar-refractivity contribution is -0.138. The number of hydrogen-bond acceptors (Lipinski definition) is 9. The van der Waals surface area contributed by atoms with Crippen LogP contribution in [0.25, 0.3) is 0 Å². The molecule has 3 aliphatic heterocycles. The summed E-state index contributed by atoms with van der Waals surface area (Å²) in [5, 5.41) is 11.7. The number of nitrogens with zero attached hydrogens (tertiary/aromatic N) is 5. The van der Waals surface area contributed by atoms with Gasteiger partial charge in [-0.2, -0.15) is 18.4 Å². The number of halogens is 3. The van der Waals surface area contributed by atoms with Crippen LogP contribution in [0.4, 0.5) is 24.5 Å². The monoisotopic (exact) mass is 830 g/mol. The molecule has 0 saturated carbocycles. The number of aryl methyl sites for hydroxylation is 1. The fraction of sp³-hybridized carbons (Fsp3) is 0.455. The van der Waals surface area contributed by atoms with Crippen molar-refractivity contribution < 1.29 is 37.1 Å². The lowest BCUT2D eigenvalue weighted by Crippen LogP contribution is -2.58. The van der Waals surface area contributed by atoms with Gasteiger partial charge in [-0.15, -0.1) is 0 Å². The summed E-state index contributed by atoms with van der Waals surface area (Å²) in [6.45, 7) is 12.5. The molecule has 6 rings (SSSR count). The van der Waals surface area contributed by atoms with Gasteiger partial charge in [-0.3, -0.25) is 39.2 Å². The molecule has 3 atom stereocenters. The maximum Gasteiger partial charge on any atom is 0.417 e. The first-order chi connectivity index (χ1) is 27.9. The van der Waals surface area contributed by atoms with Crippen LogP contribution in [-0.4, -0.2) is 88.8 Å². The number of thiocarbonyl (C=S) groups is 1. The van der Waals surface area contributed by atoms with Crippen molar-refractivity contribution in [3.8, 4) is 11.8 Å². The standard InChI is InChI=1S/C44H49F3N6O5S/c1-6-31-21-35(53-42(59)52(41(57)43(53,4)5)34-12-10-33(23-48)37(22-34)44(45,46)47)13-14-38(31)58-17-16-50-24-28(3)51(25-27(50)2)26-36(54)20-30-9-7-8-29(18-30)19-32-11-15-39(55)49-40(32)56/h7-10,12-14,18,21-22,27-28,32H,6,11,15-17,19-20,24-26H2,1-5H3,(H,49,55,56)/t27-,28+,32?/m0/s1. The minimum absolute atomic E-state index is 0.0220. The molecule has 0 aromatic heterocycles. The summed E-state index contributed by atoms with van der Waals surface area (Å²) < 4.78 is 47.7. The highest BCUT2D eigenvalue weighted by Crippen LogP contribution is 2.40. The first-order valence-electron chi connectivity index (χ1n) is 19.9. The van der Waals surface area contributed by atoms with E-state index in [4.69, 9.17) is 17.0 Å². The van der Waals surface area contributed by atoms with E-state index in [0.29, 0.717) is 63.2 Å². The highest BCUT2D eigenvalue weighted by atomic mass is 32.1. The molecule has 3 aromatic rings. The zero-order chi connectivity index (χ0) is 42.8. The Labute approximate surface area is 348 Å². The number of piperidine rings is 1. The number of Topliss-reactive ketones (excluding diaryl/α,β-unsaturated/α-hetero) is 1. The predicted molar refractivity (Wildman–Crippen MR) is 221 cm³/mol. The first-order valence-corrected chi connectivity index (χ1v) is 20.3. The lowest BCUT2D eigenvalue weighted by atomic mass is 9.90. The molecule has 0 radical (unpaired) electrons. The number of ether oxygens (including phenoxy) is 1. The molecule has 1 unspecified atom stereocenters. The Balaban J connectivity index is 1.03. The van der Waals surface area contributed by atoms with Crippen molar-refractivity contribution in [1.29, 1.82) is 5.26 Å². The van der Waals surface area contributed by atoms with E-state index in [1.54, 1.807) is 30.9 Å². The Bertz CT molecular complexity index is 2190. The third-order valence-corrected chi connectivity index (χ3v) is 11.9. The van der Waals surface area contributed by atoms with Crippen LogP contribution in [0.5, 0.6) is 5.75 Å². The number of nitriles is 1. The number of imide groups is 1. The van der Waals surface area contributed by atoms with Crippen molar-refractivity contribution in [3.63, 3.8) is 0 Å². The molecule has 312 valence electrons. The quantitative estimate of drug-likeness (QED) is 0.157. The molecule has 3 aromatic carbocycles. The maximum absolute atomic E-state index is 13.8. The Morgan fingerprint density at radius 2 is 1.68 bits per heavy atom. The van der Waals surface area contributed by atoms with Crippen LogP contribution in [0, 0.1) is 17.2 Å². The van der Waals surface area contributed by atoms with E-state index < -0.39 is 28.7 Å². The number of benzene rings is 3. The molecule has 15 heteroatoms. The van der Waals surface area contributed by atoms with Gasteiger partial charge in [0.2, 0.25) is 11.8 Å². The van der Waals surface area contributed by atoms with Crippen molar-refractivity contribution in [2.24, 2.45) is 5.92 Å². The minimum atomic E-state index is -4.79. The topological polar surface area (TPSA) is 126 Å². The maximum atomic E-state index is 13.8. The molecule has 11 nitrogen and oxygen atoms in total. The van der Waals surface area contributed by atoms with Gasteiger partial charge >= 0.3 is 6.18 Å². The normalized spacial score (nSPS) is 21.4. The number of alkyl halides is 3. The highest BCUT2D eigenvalue weighted by molar-refractivity contribution is 7.81. The largest absolute Gasteiger partial charge is 0.492 e. The summed E-state index contributed by atoms with van der Waals surface area (Å²) in [7, 11) is 0. The lowest BCUT2D eigenvalue weighted by Gasteiger charge is -2.43. The van der Waals surface area contributed by atoms with Gasteiger partial charge < -0.3 is 9.64 Å². The number of ketones is 1. The summed E-state index contributed by atoms with van der Waals surface area (Å²) in [4.78, 5) is 58.0. The molecule has 0 aliphatic carbocycles. The second-order valence-corrected chi connectivity index (χ2v) is 16.5. The minimum Gasteiger partial charge on any atom is -0.492 e. The Kier molecular flexibility index (Phi) is 12.9. The van der Waals surface area contributed by atoms with Gasteiger partial charge in [-0.25, -0.2) is 0 Å². The number of piperazine rings is 1. The molecule has 3 heterocycles. The van der Waals surface area contributed by atoms with Gasteiger partial charge in [0.05, 0.1) is 29.4 Å². The van der Waals surface area contributed by atoms with Crippen LogP contribution in [0.15, 0.2) is 60.7 Å². The van der Waals surface area contributed by atoms with Crippen LogP contribution in [0.3, 0.4) is 0 Å². The summed E-state index contributed by atoms with van der Waals surface area (Å²) in [6, 6.07) is 18.3. The second-order valence-electron chi connectivity index (χ2n) is 16.2. The van der Waals surface area contributed by atoms with E-state index in [9.17, 15) is 37.6 Å². The molecule has 59 heavy (non-hydrogen) atoms. The molecular weight excluding hydrogens is 782 g/mol. The number of rotatable bonds is 13. The smallest absolute Gasteiger partial charge is 0.417 e. The van der Waals surface area contributed by atoms with Gasteiger partial charge in [-0.05, 0) is 112 Å². The highest BCUT2D eigenvalue weighted by Gasteiger charge is 2.51. The summed E-state index contributed by atoms with van der Waals surface area (Å²) in [5.41, 5.74) is 0.373. The van der Waals surface area contributed by atoms with E-state index in [2.05, 4.69) is 29.0 Å². The summed E-state index contributed by atoms with van der Waals surface area (Å²) in [5.74, 6) is -0.426. The van der Waals surface area contributed by atoms with Crippen LogP contribution in [0.1, 0.15) is 75.3 Å².